The number of ether oxygens (including phenoxy) is 2. The van der Waals surface area contributed by atoms with Gasteiger partial charge in [-0.05, 0) is 50.0 Å². The van der Waals surface area contributed by atoms with E-state index in [9.17, 15) is 14.4 Å². The fourth-order valence-electron chi connectivity index (χ4n) is 4.45. The van der Waals surface area contributed by atoms with Gasteiger partial charge in [0, 0.05) is 24.6 Å². The maximum absolute atomic E-state index is 12.8. The van der Waals surface area contributed by atoms with Crippen molar-refractivity contribution in [1.82, 2.24) is 9.88 Å². The Bertz CT molecular complexity index is 1280. The molecule has 3 aromatic rings. The molecule has 1 amide bonds. The van der Waals surface area contributed by atoms with Gasteiger partial charge in [0.15, 0.2) is 0 Å². The van der Waals surface area contributed by atoms with E-state index >= 15 is 0 Å². The van der Waals surface area contributed by atoms with Gasteiger partial charge in [0.2, 0.25) is 5.91 Å². The summed E-state index contributed by atoms with van der Waals surface area (Å²) >= 11 is 0. The number of hydrogen-bond acceptors (Lipinski definition) is 6. The van der Waals surface area contributed by atoms with E-state index in [0.717, 1.165) is 22.0 Å². The first-order valence-corrected chi connectivity index (χ1v) is 12.2. The van der Waals surface area contributed by atoms with Crippen molar-refractivity contribution in [2.45, 2.75) is 33.3 Å². The number of aromatic nitrogens is 1. The van der Waals surface area contributed by atoms with Gasteiger partial charge in [-0.15, -0.1) is 0 Å². The number of likely N-dealkylation sites (tertiary alicyclic amines) is 1. The fraction of sp³-hybridized carbons (Fsp3) is 0.310. The molecule has 1 aliphatic rings. The molecule has 2 heterocycles. The second kappa shape index (κ2) is 11.6. The van der Waals surface area contributed by atoms with E-state index in [1.54, 1.807) is 24.0 Å². The van der Waals surface area contributed by atoms with Crippen LogP contribution in [0.4, 0.5) is 0 Å². The molecule has 1 aliphatic heterocycles. The van der Waals surface area contributed by atoms with Gasteiger partial charge in [-0.1, -0.05) is 48.5 Å². The van der Waals surface area contributed by atoms with Crippen LogP contribution in [-0.4, -0.2) is 47.4 Å². The molecule has 0 radical (unpaired) electrons. The second-order valence-electron chi connectivity index (χ2n) is 8.75. The highest BCUT2D eigenvalue weighted by Crippen LogP contribution is 2.25. The van der Waals surface area contributed by atoms with Crippen molar-refractivity contribution in [2.24, 2.45) is 5.92 Å². The van der Waals surface area contributed by atoms with Gasteiger partial charge in [0.05, 0.1) is 29.3 Å². The van der Waals surface area contributed by atoms with E-state index in [2.05, 4.69) is 4.98 Å². The number of nitrogens with zero attached hydrogens (tertiary/aromatic N) is 2. The largest absolute Gasteiger partial charge is 0.462 e. The molecule has 0 N–H and O–H groups in total. The molecule has 0 aliphatic carbocycles. The summed E-state index contributed by atoms with van der Waals surface area (Å²) in [6.45, 7) is 4.69. The molecule has 0 bridgehead atoms. The summed E-state index contributed by atoms with van der Waals surface area (Å²) in [5, 5.41) is 0.856. The molecule has 0 atom stereocenters. The standard InChI is InChI=1S/C29H30N2O5/c1-3-35-29(34)27-20(2)23-11-7-8-12-24(23)30-25(27)19-36-28(33)22-15-17-31(18-16-22)26(32)14-13-21-9-5-4-6-10-21/h4-14,22H,3,15-19H2,1-2H3/b14-13+. The molecule has 0 saturated carbocycles. The van der Waals surface area contributed by atoms with Crippen molar-refractivity contribution in [2.75, 3.05) is 19.7 Å². The maximum Gasteiger partial charge on any atom is 0.340 e. The van der Waals surface area contributed by atoms with Crippen LogP contribution in [0.25, 0.3) is 17.0 Å². The highest BCUT2D eigenvalue weighted by Gasteiger charge is 2.28. The Labute approximate surface area is 210 Å². The van der Waals surface area contributed by atoms with Crippen molar-refractivity contribution in [3.05, 3.63) is 83.1 Å². The molecule has 2 aromatic carbocycles. The Morgan fingerprint density at radius 1 is 1.00 bits per heavy atom. The Morgan fingerprint density at radius 3 is 2.42 bits per heavy atom. The van der Waals surface area contributed by atoms with Crippen LogP contribution in [0.2, 0.25) is 0 Å². The molecule has 0 unspecified atom stereocenters. The van der Waals surface area contributed by atoms with Crippen molar-refractivity contribution in [3.8, 4) is 0 Å². The molecule has 36 heavy (non-hydrogen) atoms. The third-order valence-electron chi connectivity index (χ3n) is 6.42. The zero-order valence-corrected chi connectivity index (χ0v) is 20.6. The van der Waals surface area contributed by atoms with Crippen LogP contribution in [0.5, 0.6) is 0 Å². The van der Waals surface area contributed by atoms with Gasteiger partial charge in [-0.3, -0.25) is 9.59 Å². The number of amides is 1. The van der Waals surface area contributed by atoms with E-state index < -0.39 is 5.97 Å². The molecule has 0 spiro atoms. The van der Waals surface area contributed by atoms with E-state index in [-0.39, 0.29) is 31.0 Å². The molecule has 7 nitrogen and oxygen atoms in total. The lowest BCUT2D eigenvalue weighted by Gasteiger charge is -2.30. The van der Waals surface area contributed by atoms with E-state index in [0.29, 0.717) is 37.2 Å². The van der Waals surface area contributed by atoms with Crippen molar-refractivity contribution >= 4 is 34.8 Å². The van der Waals surface area contributed by atoms with Crippen LogP contribution in [0.3, 0.4) is 0 Å². The van der Waals surface area contributed by atoms with Crippen LogP contribution >= 0.6 is 0 Å². The number of esters is 2. The van der Waals surface area contributed by atoms with Gasteiger partial charge in [0.1, 0.15) is 6.61 Å². The van der Waals surface area contributed by atoms with Gasteiger partial charge in [0.25, 0.3) is 0 Å². The molecule has 1 fully saturated rings. The van der Waals surface area contributed by atoms with E-state index in [1.165, 1.54) is 0 Å². The average Bonchev–Trinajstić information content (AvgIpc) is 2.91. The van der Waals surface area contributed by atoms with Gasteiger partial charge in [-0.2, -0.15) is 0 Å². The zero-order chi connectivity index (χ0) is 25.5. The topological polar surface area (TPSA) is 85.8 Å². The van der Waals surface area contributed by atoms with E-state index in [4.69, 9.17) is 9.47 Å². The van der Waals surface area contributed by atoms with Crippen molar-refractivity contribution in [1.29, 1.82) is 0 Å². The first-order valence-electron chi connectivity index (χ1n) is 12.2. The fourth-order valence-corrected chi connectivity index (χ4v) is 4.45. The number of aryl methyl sites for hydroxylation is 1. The molecule has 1 aromatic heterocycles. The lowest BCUT2D eigenvalue weighted by molar-refractivity contribution is -0.152. The smallest absolute Gasteiger partial charge is 0.340 e. The number of fused-ring (bicyclic) bond motifs is 1. The Kier molecular flexibility index (Phi) is 8.10. The minimum atomic E-state index is -0.477. The van der Waals surface area contributed by atoms with Gasteiger partial charge in [-0.25, -0.2) is 9.78 Å². The number of pyridine rings is 1. The third kappa shape index (κ3) is 5.79. The molecule has 7 heteroatoms. The molecular formula is C29H30N2O5. The van der Waals surface area contributed by atoms with E-state index in [1.807, 2.05) is 61.5 Å². The quantitative estimate of drug-likeness (QED) is 0.355. The number of carbonyl (C=O) groups is 3. The van der Waals surface area contributed by atoms with Crippen LogP contribution < -0.4 is 0 Å². The predicted octanol–water partition coefficient (Wildman–Crippen LogP) is 4.72. The number of rotatable bonds is 7. The summed E-state index contributed by atoms with van der Waals surface area (Å²) in [6, 6.07) is 17.2. The van der Waals surface area contributed by atoms with Crippen molar-refractivity contribution in [3.63, 3.8) is 0 Å². The minimum absolute atomic E-state index is 0.0689. The summed E-state index contributed by atoms with van der Waals surface area (Å²) < 4.78 is 10.9. The lowest BCUT2D eigenvalue weighted by atomic mass is 9.97. The normalized spacial score (nSPS) is 14.2. The average molecular weight is 487 g/mol. The Balaban J connectivity index is 1.38. The summed E-state index contributed by atoms with van der Waals surface area (Å²) in [4.78, 5) is 44.4. The van der Waals surface area contributed by atoms with Crippen LogP contribution in [0.1, 0.15) is 46.9 Å². The van der Waals surface area contributed by atoms with Crippen LogP contribution in [0.15, 0.2) is 60.7 Å². The molecule has 1 saturated heterocycles. The number of para-hydroxylation sites is 1. The summed E-state index contributed by atoms with van der Waals surface area (Å²) in [5.74, 6) is -1.20. The maximum atomic E-state index is 12.8. The molecule has 186 valence electrons. The molecule has 4 rings (SSSR count). The zero-order valence-electron chi connectivity index (χ0n) is 20.6. The number of hydrogen-bond donors (Lipinski definition) is 0. The molecular weight excluding hydrogens is 456 g/mol. The predicted molar refractivity (Wildman–Crippen MR) is 137 cm³/mol. The lowest BCUT2D eigenvalue weighted by Crippen LogP contribution is -2.39. The van der Waals surface area contributed by atoms with Crippen LogP contribution in [0, 0.1) is 12.8 Å². The highest BCUT2D eigenvalue weighted by molar-refractivity contribution is 5.98. The summed E-state index contributed by atoms with van der Waals surface area (Å²) in [6.07, 6.45) is 4.41. The first kappa shape index (κ1) is 25.1. The number of piperidine rings is 1. The van der Waals surface area contributed by atoms with Crippen molar-refractivity contribution < 1.29 is 23.9 Å². The Morgan fingerprint density at radius 2 is 1.69 bits per heavy atom. The number of carbonyl (C=O) groups excluding carboxylic acids is 3. The van der Waals surface area contributed by atoms with Gasteiger partial charge < -0.3 is 14.4 Å². The third-order valence-corrected chi connectivity index (χ3v) is 6.42. The summed E-state index contributed by atoms with van der Waals surface area (Å²) in [7, 11) is 0. The van der Waals surface area contributed by atoms with Crippen LogP contribution in [-0.2, 0) is 25.7 Å². The second-order valence-corrected chi connectivity index (χ2v) is 8.75. The van der Waals surface area contributed by atoms with Gasteiger partial charge >= 0.3 is 11.9 Å². The summed E-state index contributed by atoms with van der Waals surface area (Å²) in [5.41, 5.74) is 3.17. The highest BCUT2D eigenvalue weighted by atomic mass is 16.5. The minimum Gasteiger partial charge on any atom is -0.462 e. The Hall–Kier alpha value is -4.00. The first-order chi connectivity index (χ1) is 17.5. The number of benzene rings is 2. The monoisotopic (exact) mass is 486 g/mol. The SMILES string of the molecule is CCOC(=O)c1c(COC(=O)C2CCN(C(=O)/C=C/c3ccccc3)CC2)nc2ccccc2c1C.